The van der Waals surface area contributed by atoms with Crippen LogP contribution in [-0.4, -0.2) is 38.6 Å². The lowest BCUT2D eigenvalue weighted by Crippen LogP contribution is -2.43. The van der Waals surface area contributed by atoms with Gasteiger partial charge in [0.1, 0.15) is 6.10 Å². The Morgan fingerprint density at radius 2 is 2.33 bits per heavy atom. The predicted octanol–water partition coefficient (Wildman–Crippen LogP) is -2.18. The molecule has 0 amide bonds. The normalized spacial score (nSPS) is 34.1. The average molecular weight is 256 g/mol. The number of aromatic amines is 1. The van der Waals surface area contributed by atoms with Crippen LogP contribution in [0.2, 0.25) is 0 Å². The zero-order valence-corrected chi connectivity index (χ0v) is 9.33. The highest BCUT2D eigenvalue weighted by Crippen LogP contribution is 2.39. The van der Waals surface area contributed by atoms with Crippen molar-refractivity contribution in [3.05, 3.63) is 32.6 Å². The molecule has 18 heavy (non-hydrogen) atoms. The predicted molar refractivity (Wildman–Crippen MR) is 56.7 cm³/mol. The van der Waals surface area contributed by atoms with Crippen LogP contribution in [0.25, 0.3) is 0 Å². The SMILES string of the molecule is O=c1cc2n(c(=O)[nH]1)[C@]1(C[C@H](O)[C@@H](CO)O1)OC2. The highest BCUT2D eigenvalue weighted by molar-refractivity contribution is 5.07. The number of ether oxygens (including phenoxy) is 2. The Balaban J connectivity index is 2.11. The summed E-state index contributed by atoms with van der Waals surface area (Å²) in [6, 6.07) is 1.25. The van der Waals surface area contributed by atoms with Crippen molar-refractivity contribution in [2.75, 3.05) is 6.61 Å². The van der Waals surface area contributed by atoms with Crippen LogP contribution in [-0.2, 0) is 22.0 Å². The molecule has 1 fully saturated rings. The molecule has 3 N–H and O–H groups in total. The van der Waals surface area contributed by atoms with E-state index in [0.717, 1.165) is 0 Å². The first-order chi connectivity index (χ1) is 8.55. The van der Waals surface area contributed by atoms with E-state index < -0.39 is 29.4 Å². The van der Waals surface area contributed by atoms with Gasteiger partial charge < -0.3 is 19.7 Å². The molecule has 1 spiro atoms. The third kappa shape index (κ3) is 1.47. The molecule has 0 radical (unpaired) electrons. The standard InChI is InChI=1S/C10H12N2O6/c13-3-7-6(14)2-10(18-7)12-5(4-17-10)1-8(15)11-9(12)16/h1,6-7,13-14H,2-4H2,(H,11,15,16)/t6-,7+,10+/m0/s1. The molecule has 1 aromatic rings. The summed E-state index contributed by atoms with van der Waals surface area (Å²) in [5.74, 6) is -1.43. The summed E-state index contributed by atoms with van der Waals surface area (Å²) in [5, 5.41) is 18.8. The third-order valence-corrected chi connectivity index (χ3v) is 3.22. The zero-order chi connectivity index (χ0) is 12.9. The monoisotopic (exact) mass is 256 g/mol. The molecule has 0 saturated carbocycles. The summed E-state index contributed by atoms with van der Waals surface area (Å²) in [5.41, 5.74) is -0.778. The van der Waals surface area contributed by atoms with Gasteiger partial charge in [-0.2, -0.15) is 0 Å². The van der Waals surface area contributed by atoms with Gasteiger partial charge in [-0.3, -0.25) is 9.78 Å². The minimum atomic E-state index is -1.43. The minimum Gasteiger partial charge on any atom is -0.394 e. The van der Waals surface area contributed by atoms with Crippen LogP contribution in [0.3, 0.4) is 0 Å². The van der Waals surface area contributed by atoms with Crippen molar-refractivity contribution in [1.82, 2.24) is 9.55 Å². The molecule has 98 valence electrons. The third-order valence-electron chi connectivity index (χ3n) is 3.22. The first-order valence-electron chi connectivity index (χ1n) is 5.52. The number of fused-ring (bicyclic) bond motifs is 2. The molecule has 2 aliphatic rings. The summed E-state index contributed by atoms with van der Waals surface area (Å²) in [6.07, 6.45) is -1.72. The molecule has 8 heteroatoms. The van der Waals surface area contributed by atoms with Gasteiger partial charge in [0.2, 0.25) is 0 Å². The van der Waals surface area contributed by atoms with E-state index in [1.807, 2.05) is 0 Å². The molecule has 3 rings (SSSR count). The van der Waals surface area contributed by atoms with E-state index >= 15 is 0 Å². The molecule has 0 aromatic carbocycles. The van der Waals surface area contributed by atoms with Gasteiger partial charge in [0, 0.05) is 6.07 Å². The smallest absolute Gasteiger partial charge is 0.332 e. The average Bonchev–Trinajstić information content (AvgIpc) is 2.80. The Kier molecular flexibility index (Phi) is 2.42. The van der Waals surface area contributed by atoms with Crippen molar-refractivity contribution in [3.8, 4) is 0 Å². The molecule has 1 saturated heterocycles. The van der Waals surface area contributed by atoms with Crippen LogP contribution in [0.1, 0.15) is 12.1 Å². The van der Waals surface area contributed by atoms with Gasteiger partial charge in [0.25, 0.3) is 11.5 Å². The van der Waals surface area contributed by atoms with Gasteiger partial charge >= 0.3 is 5.69 Å². The molecule has 0 unspecified atom stereocenters. The second-order valence-corrected chi connectivity index (χ2v) is 4.38. The second-order valence-electron chi connectivity index (χ2n) is 4.38. The van der Waals surface area contributed by atoms with E-state index in [2.05, 4.69) is 4.98 Å². The number of aliphatic hydroxyl groups excluding tert-OH is 2. The lowest BCUT2D eigenvalue weighted by atomic mass is 10.2. The van der Waals surface area contributed by atoms with Crippen molar-refractivity contribution < 1.29 is 19.7 Å². The van der Waals surface area contributed by atoms with E-state index in [-0.39, 0.29) is 19.6 Å². The van der Waals surface area contributed by atoms with Crippen molar-refractivity contribution >= 4 is 0 Å². The summed E-state index contributed by atoms with van der Waals surface area (Å²) in [6.45, 7) is -0.330. The van der Waals surface area contributed by atoms with Crippen LogP contribution in [0.15, 0.2) is 15.7 Å². The number of H-pyrrole nitrogens is 1. The molecule has 0 bridgehead atoms. The number of rotatable bonds is 1. The number of nitrogens with zero attached hydrogens (tertiary/aromatic N) is 1. The van der Waals surface area contributed by atoms with Crippen LogP contribution < -0.4 is 11.2 Å². The first kappa shape index (κ1) is 11.6. The number of aliphatic hydroxyl groups is 2. The zero-order valence-electron chi connectivity index (χ0n) is 9.33. The lowest BCUT2D eigenvalue weighted by molar-refractivity contribution is -0.272. The molecule has 3 atom stereocenters. The van der Waals surface area contributed by atoms with Gasteiger partial charge in [-0.05, 0) is 0 Å². The maximum absolute atomic E-state index is 11.8. The molecule has 3 heterocycles. The van der Waals surface area contributed by atoms with Gasteiger partial charge in [-0.25, -0.2) is 9.36 Å². The summed E-state index contributed by atoms with van der Waals surface area (Å²) >= 11 is 0. The van der Waals surface area contributed by atoms with Crippen LogP contribution in [0, 0.1) is 0 Å². The maximum atomic E-state index is 11.8. The molecule has 0 aliphatic carbocycles. The van der Waals surface area contributed by atoms with Crippen molar-refractivity contribution in [2.45, 2.75) is 31.1 Å². The Labute approximate surface area is 100 Å². The van der Waals surface area contributed by atoms with Crippen LogP contribution in [0.5, 0.6) is 0 Å². The molecule has 8 nitrogen and oxygen atoms in total. The highest BCUT2D eigenvalue weighted by Gasteiger charge is 2.52. The highest BCUT2D eigenvalue weighted by atomic mass is 16.7. The molecule has 1 aromatic heterocycles. The van der Waals surface area contributed by atoms with E-state index in [1.165, 1.54) is 10.6 Å². The van der Waals surface area contributed by atoms with Crippen LogP contribution in [0.4, 0.5) is 0 Å². The van der Waals surface area contributed by atoms with Gasteiger partial charge in [0.05, 0.1) is 31.4 Å². The fraction of sp³-hybridized carbons (Fsp3) is 0.600. The fourth-order valence-corrected chi connectivity index (χ4v) is 2.43. The van der Waals surface area contributed by atoms with Crippen LogP contribution >= 0.6 is 0 Å². The summed E-state index contributed by atoms with van der Waals surface area (Å²) < 4.78 is 12.0. The Hall–Kier alpha value is -1.48. The number of hydrogen-bond donors (Lipinski definition) is 3. The lowest BCUT2D eigenvalue weighted by Gasteiger charge is -2.24. The fourth-order valence-electron chi connectivity index (χ4n) is 2.43. The summed E-state index contributed by atoms with van der Waals surface area (Å²) in [7, 11) is 0. The topological polar surface area (TPSA) is 114 Å². The number of hydrogen-bond acceptors (Lipinski definition) is 6. The Morgan fingerprint density at radius 3 is 3.00 bits per heavy atom. The second kappa shape index (κ2) is 3.75. The van der Waals surface area contributed by atoms with Gasteiger partial charge in [-0.1, -0.05) is 0 Å². The Bertz CT molecular complexity index is 593. The quantitative estimate of drug-likeness (QED) is 0.526. The van der Waals surface area contributed by atoms with E-state index in [0.29, 0.717) is 5.69 Å². The maximum Gasteiger partial charge on any atom is 0.332 e. The van der Waals surface area contributed by atoms with E-state index in [9.17, 15) is 14.7 Å². The van der Waals surface area contributed by atoms with E-state index in [1.54, 1.807) is 0 Å². The molecular weight excluding hydrogens is 244 g/mol. The van der Waals surface area contributed by atoms with Gasteiger partial charge in [0.15, 0.2) is 0 Å². The largest absolute Gasteiger partial charge is 0.394 e. The number of aromatic nitrogens is 2. The van der Waals surface area contributed by atoms with Crippen molar-refractivity contribution in [2.24, 2.45) is 0 Å². The van der Waals surface area contributed by atoms with Crippen molar-refractivity contribution in [3.63, 3.8) is 0 Å². The molecule has 2 aliphatic heterocycles. The van der Waals surface area contributed by atoms with E-state index in [4.69, 9.17) is 14.6 Å². The summed E-state index contributed by atoms with van der Waals surface area (Å²) in [4.78, 5) is 25.1. The number of nitrogens with one attached hydrogen (secondary N) is 1. The first-order valence-corrected chi connectivity index (χ1v) is 5.52. The molecular formula is C10H12N2O6. The Morgan fingerprint density at radius 1 is 1.56 bits per heavy atom. The van der Waals surface area contributed by atoms with Crippen molar-refractivity contribution in [1.29, 1.82) is 0 Å². The minimum absolute atomic E-state index is 0.0250. The van der Waals surface area contributed by atoms with Gasteiger partial charge in [-0.15, -0.1) is 0 Å².